The fraction of sp³-hybridized carbons (Fsp3) is 0.632. The van der Waals surface area contributed by atoms with Crippen molar-refractivity contribution in [2.75, 3.05) is 25.2 Å². The third-order valence-electron chi connectivity index (χ3n) is 5.64. The summed E-state index contributed by atoms with van der Waals surface area (Å²) >= 11 is 0. The fourth-order valence-corrected chi connectivity index (χ4v) is 3.99. The van der Waals surface area contributed by atoms with Crippen LogP contribution >= 0.6 is 0 Å². The van der Waals surface area contributed by atoms with Crippen molar-refractivity contribution < 1.29 is 9.53 Å². The van der Waals surface area contributed by atoms with Crippen molar-refractivity contribution >= 4 is 17.4 Å². The molecule has 1 aliphatic heterocycles. The number of carbonyl (C=O) groups is 1. The van der Waals surface area contributed by atoms with E-state index in [1.165, 1.54) is 19.3 Å². The molecule has 0 radical (unpaired) electrons. The topological polar surface area (TPSA) is 71.8 Å². The van der Waals surface area contributed by atoms with E-state index in [0.717, 1.165) is 44.7 Å². The van der Waals surface area contributed by atoms with Crippen molar-refractivity contribution in [2.45, 2.75) is 57.0 Å². The summed E-state index contributed by atoms with van der Waals surface area (Å²) in [4.78, 5) is 19.7. The Labute approximate surface area is 153 Å². The zero-order valence-electron chi connectivity index (χ0n) is 15.4. The SMILES string of the molecule is CN(c1ccn2ncc(C(=O)NC3CCCCC3)c2n1)C1CCOCC1. The second kappa shape index (κ2) is 7.61. The lowest BCUT2D eigenvalue weighted by Crippen LogP contribution is -2.37. The van der Waals surface area contributed by atoms with E-state index in [2.05, 4.69) is 22.4 Å². The summed E-state index contributed by atoms with van der Waals surface area (Å²) in [5.74, 6) is 0.807. The number of nitrogens with zero attached hydrogens (tertiary/aromatic N) is 4. The van der Waals surface area contributed by atoms with Crippen LogP contribution in [0.25, 0.3) is 5.65 Å². The van der Waals surface area contributed by atoms with Crippen LogP contribution in [-0.2, 0) is 4.74 Å². The number of fused-ring (bicyclic) bond motifs is 1. The molecule has 1 N–H and O–H groups in total. The molecule has 4 rings (SSSR count). The summed E-state index contributed by atoms with van der Waals surface area (Å²) in [5, 5.41) is 7.46. The van der Waals surface area contributed by atoms with Crippen molar-refractivity contribution in [3.05, 3.63) is 24.0 Å². The molecule has 2 aliphatic rings. The normalized spacial score (nSPS) is 19.6. The van der Waals surface area contributed by atoms with Gasteiger partial charge in [-0.1, -0.05) is 19.3 Å². The van der Waals surface area contributed by atoms with E-state index >= 15 is 0 Å². The molecule has 0 bridgehead atoms. The van der Waals surface area contributed by atoms with Crippen LogP contribution in [0, 0.1) is 0 Å². The standard InChI is InChI=1S/C19H27N5O2/c1-23(15-8-11-26-12-9-15)17-7-10-24-18(22-17)16(13-20-24)19(25)21-14-5-3-2-4-6-14/h7,10,13-15H,2-6,8-9,11-12H2,1H3,(H,21,25). The molecule has 7 nitrogen and oxygen atoms in total. The monoisotopic (exact) mass is 357 g/mol. The lowest BCUT2D eigenvalue weighted by atomic mass is 9.95. The van der Waals surface area contributed by atoms with Crippen LogP contribution in [0.4, 0.5) is 5.82 Å². The number of rotatable bonds is 4. The van der Waals surface area contributed by atoms with Crippen molar-refractivity contribution in [3.63, 3.8) is 0 Å². The van der Waals surface area contributed by atoms with Crippen LogP contribution in [-0.4, -0.2) is 52.9 Å². The molecule has 1 aliphatic carbocycles. The third kappa shape index (κ3) is 3.53. The summed E-state index contributed by atoms with van der Waals surface area (Å²) in [5.41, 5.74) is 1.17. The number of anilines is 1. The van der Waals surface area contributed by atoms with Gasteiger partial charge in [0.2, 0.25) is 0 Å². The smallest absolute Gasteiger partial charge is 0.256 e. The Bertz CT molecular complexity index is 762. The van der Waals surface area contributed by atoms with Gasteiger partial charge in [-0.15, -0.1) is 0 Å². The Morgan fingerprint density at radius 2 is 2.00 bits per heavy atom. The number of hydrogen-bond acceptors (Lipinski definition) is 5. The molecule has 2 aromatic rings. The molecular weight excluding hydrogens is 330 g/mol. The molecule has 7 heteroatoms. The molecule has 26 heavy (non-hydrogen) atoms. The maximum atomic E-state index is 12.7. The number of nitrogens with one attached hydrogen (secondary N) is 1. The van der Waals surface area contributed by atoms with Gasteiger partial charge in [0.05, 0.1) is 6.20 Å². The molecule has 0 aromatic carbocycles. The predicted octanol–water partition coefficient (Wildman–Crippen LogP) is 2.41. The summed E-state index contributed by atoms with van der Waals surface area (Å²) in [6.45, 7) is 1.58. The van der Waals surface area contributed by atoms with Gasteiger partial charge < -0.3 is 15.0 Å². The molecule has 0 atom stereocenters. The Balaban J connectivity index is 1.54. The van der Waals surface area contributed by atoms with Gasteiger partial charge in [0, 0.05) is 38.5 Å². The third-order valence-corrected chi connectivity index (χ3v) is 5.64. The van der Waals surface area contributed by atoms with Crippen LogP contribution in [0.15, 0.2) is 18.5 Å². The highest BCUT2D eigenvalue weighted by Crippen LogP contribution is 2.22. The average Bonchev–Trinajstić information content (AvgIpc) is 3.12. The van der Waals surface area contributed by atoms with Gasteiger partial charge in [-0.3, -0.25) is 4.79 Å². The first-order valence-electron chi connectivity index (χ1n) is 9.68. The largest absolute Gasteiger partial charge is 0.381 e. The van der Waals surface area contributed by atoms with E-state index in [1.54, 1.807) is 10.7 Å². The molecule has 1 amide bonds. The van der Waals surface area contributed by atoms with E-state index in [0.29, 0.717) is 17.3 Å². The first kappa shape index (κ1) is 17.3. The lowest BCUT2D eigenvalue weighted by Gasteiger charge is -2.32. The van der Waals surface area contributed by atoms with Gasteiger partial charge in [0.15, 0.2) is 5.65 Å². The van der Waals surface area contributed by atoms with Crippen LogP contribution in [0.1, 0.15) is 55.3 Å². The van der Waals surface area contributed by atoms with Gasteiger partial charge >= 0.3 is 0 Å². The lowest BCUT2D eigenvalue weighted by molar-refractivity contribution is 0.0853. The first-order chi connectivity index (χ1) is 12.7. The molecule has 2 fully saturated rings. The fourth-order valence-electron chi connectivity index (χ4n) is 3.99. The van der Waals surface area contributed by atoms with Gasteiger partial charge in [-0.05, 0) is 31.7 Å². The highest BCUT2D eigenvalue weighted by Gasteiger charge is 2.23. The highest BCUT2D eigenvalue weighted by molar-refractivity contribution is 5.99. The molecule has 0 spiro atoms. The Hall–Kier alpha value is -2.15. The quantitative estimate of drug-likeness (QED) is 0.910. The van der Waals surface area contributed by atoms with E-state index in [1.807, 2.05) is 12.3 Å². The second-order valence-corrected chi connectivity index (χ2v) is 7.38. The zero-order valence-corrected chi connectivity index (χ0v) is 15.4. The van der Waals surface area contributed by atoms with Gasteiger partial charge in [-0.2, -0.15) is 5.10 Å². The van der Waals surface area contributed by atoms with E-state index in [-0.39, 0.29) is 11.9 Å². The summed E-state index contributed by atoms with van der Waals surface area (Å²) in [7, 11) is 2.06. The van der Waals surface area contributed by atoms with Crippen LogP contribution in [0.2, 0.25) is 0 Å². The molecule has 1 saturated heterocycles. The van der Waals surface area contributed by atoms with E-state index in [9.17, 15) is 4.79 Å². The maximum Gasteiger partial charge on any atom is 0.256 e. The van der Waals surface area contributed by atoms with Gasteiger partial charge in [-0.25, -0.2) is 9.50 Å². The van der Waals surface area contributed by atoms with Gasteiger partial charge in [0.1, 0.15) is 11.4 Å². The van der Waals surface area contributed by atoms with E-state index in [4.69, 9.17) is 9.72 Å². The van der Waals surface area contributed by atoms with Crippen LogP contribution < -0.4 is 10.2 Å². The average molecular weight is 357 g/mol. The minimum absolute atomic E-state index is 0.0646. The maximum absolute atomic E-state index is 12.7. The Kier molecular flexibility index (Phi) is 5.06. The Morgan fingerprint density at radius 1 is 1.23 bits per heavy atom. The number of carbonyl (C=O) groups excluding carboxylic acids is 1. The summed E-state index contributed by atoms with van der Waals surface area (Å²) < 4.78 is 7.13. The number of amides is 1. The van der Waals surface area contributed by atoms with Crippen LogP contribution in [0.3, 0.4) is 0 Å². The molecule has 2 aromatic heterocycles. The number of hydrogen-bond donors (Lipinski definition) is 1. The second-order valence-electron chi connectivity index (χ2n) is 7.38. The van der Waals surface area contributed by atoms with Crippen molar-refractivity contribution in [2.24, 2.45) is 0 Å². The first-order valence-corrected chi connectivity index (χ1v) is 9.68. The molecule has 1 saturated carbocycles. The van der Waals surface area contributed by atoms with Crippen molar-refractivity contribution in [3.8, 4) is 0 Å². The van der Waals surface area contributed by atoms with E-state index < -0.39 is 0 Å². The Morgan fingerprint density at radius 3 is 2.77 bits per heavy atom. The minimum Gasteiger partial charge on any atom is -0.381 e. The molecule has 140 valence electrons. The van der Waals surface area contributed by atoms with Crippen LogP contribution in [0.5, 0.6) is 0 Å². The number of ether oxygens (including phenoxy) is 1. The predicted molar refractivity (Wildman–Crippen MR) is 99.6 cm³/mol. The van der Waals surface area contributed by atoms with Crippen molar-refractivity contribution in [1.82, 2.24) is 19.9 Å². The summed E-state index contributed by atoms with van der Waals surface area (Å²) in [6.07, 6.45) is 11.3. The zero-order chi connectivity index (χ0) is 17.9. The van der Waals surface area contributed by atoms with Gasteiger partial charge in [0.25, 0.3) is 5.91 Å². The highest BCUT2D eigenvalue weighted by atomic mass is 16.5. The van der Waals surface area contributed by atoms with Crippen molar-refractivity contribution in [1.29, 1.82) is 0 Å². The summed E-state index contributed by atoms with van der Waals surface area (Å²) in [6, 6.07) is 2.65. The molecule has 3 heterocycles. The minimum atomic E-state index is -0.0646. The molecule has 0 unspecified atom stereocenters. The molecular formula is C19H27N5O2. The number of aromatic nitrogens is 3.